The Hall–Kier alpha value is -1.42. The van der Waals surface area contributed by atoms with Crippen molar-refractivity contribution >= 4 is 5.91 Å². The molecule has 0 unspecified atom stereocenters. The lowest BCUT2D eigenvalue weighted by molar-refractivity contribution is -0.146. The van der Waals surface area contributed by atoms with E-state index in [1.165, 1.54) is 18.4 Å². The molecule has 2 aliphatic heterocycles. The Morgan fingerprint density at radius 3 is 2.40 bits per heavy atom. The van der Waals surface area contributed by atoms with Gasteiger partial charge in [0.05, 0.1) is 5.54 Å². The van der Waals surface area contributed by atoms with Gasteiger partial charge in [-0.25, -0.2) is 0 Å². The fourth-order valence-electron chi connectivity index (χ4n) is 3.29. The van der Waals surface area contributed by atoms with Gasteiger partial charge in [-0.2, -0.15) is 0 Å². The molecule has 3 rings (SSSR count). The van der Waals surface area contributed by atoms with Gasteiger partial charge in [0.25, 0.3) is 0 Å². The Kier molecular flexibility index (Phi) is 3.50. The lowest BCUT2D eigenvalue weighted by atomic mass is 9.89. The molecule has 0 bridgehead atoms. The number of carbonyl (C=O) groups is 1. The summed E-state index contributed by atoms with van der Waals surface area (Å²) in [6.45, 7) is 7.95. The summed E-state index contributed by atoms with van der Waals surface area (Å²) in [5, 5.41) is 0. The van der Waals surface area contributed by atoms with E-state index in [-0.39, 0.29) is 11.4 Å². The molecule has 2 aliphatic rings. The predicted molar refractivity (Wildman–Crippen MR) is 78.4 cm³/mol. The monoisotopic (exact) mass is 273 g/mol. The lowest BCUT2D eigenvalue weighted by Crippen LogP contribution is -2.60. The standard InChI is InChI=1S/C16H23N3O/c1-16(2,19-9-3-4-10-19)15(20)18-11-14(12-18)13-5-7-17-8-6-13/h5-8,14H,3-4,9-12H2,1-2H3. The number of carbonyl (C=O) groups excluding carboxylic acids is 1. The molecule has 108 valence electrons. The van der Waals surface area contributed by atoms with Gasteiger partial charge < -0.3 is 4.90 Å². The predicted octanol–water partition coefficient (Wildman–Crippen LogP) is 1.88. The van der Waals surface area contributed by atoms with Crippen LogP contribution in [0.25, 0.3) is 0 Å². The molecule has 2 saturated heterocycles. The van der Waals surface area contributed by atoms with Crippen molar-refractivity contribution in [2.75, 3.05) is 26.2 Å². The van der Waals surface area contributed by atoms with E-state index in [0.29, 0.717) is 5.92 Å². The average molecular weight is 273 g/mol. The highest BCUT2D eigenvalue weighted by atomic mass is 16.2. The summed E-state index contributed by atoms with van der Waals surface area (Å²) in [5.41, 5.74) is 0.947. The smallest absolute Gasteiger partial charge is 0.242 e. The maximum absolute atomic E-state index is 12.7. The molecule has 4 nitrogen and oxygen atoms in total. The van der Waals surface area contributed by atoms with E-state index < -0.39 is 0 Å². The molecule has 0 atom stereocenters. The van der Waals surface area contributed by atoms with Gasteiger partial charge in [0.2, 0.25) is 5.91 Å². The summed E-state index contributed by atoms with van der Waals surface area (Å²) in [6.07, 6.45) is 6.09. The molecule has 1 amide bonds. The fraction of sp³-hybridized carbons (Fsp3) is 0.625. The molecule has 3 heterocycles. The van der Waals surface area contributed by atoms with Crippen molar-refractivity contribution in [3.05, 3.63) is 30.1 Å². The first-order valence-corrected chi connectivity index (χ1v) is 7.53. The van der Waals surface area contributed by atoms with Crippen molar-refractivity contribution in [1.29, 1.82) is 0 Å². The first-order valence-electron chi connectivity index (χ1n) is 7.53. The molecule has 2 fully saturated rings. The van der Waals surface area contributed by atoms with Crippen LogP contribution < -0.4 is 0 Å². The molecule has 0 radical (unpaired) electrons. The van der Waals surface area contributed by atoms with Gasteiger partial charge >= 0.3 is 0 Å². The quantitative estimate of drug-likeness (QED) is 0.843. The number of hydrogen-bond acceptors (Lipinski definition) is 3. The Bertz CT molecular complexity index is 474. The molecule has 0 saturated carbocycles. The van der Waals surface area contributed by atoms with Crippen LogP contribution in [0.2, 0.25) is 0 Å². The SMILES string of the molecule is CC(C)(C(=O)N1CC(c2ccncc2)C1)N1CCCC1. The molecule has 20 heavy (non-hydrogen) atoms. The van der Waals surface area contributed by atoms with Crippen LogP contribution in [0.5, 0.6) is 0 Å². The second kappa shape index (κ2) is 5.17. The largest absolute Gasteiger partial charge is 0.340 e. The molecule has 0 spiro atoms. The highest BCUT2D eigenvalue weighted by Crippen LogP contribution is 2.31. The lowest BCUT2D eigenvalue weighted by Gasteiger charge is -2.45. The number of aromatic nitrogens is 1. The minimum absolute atomic E-state index is 0.282. The molecule has 0 N–H and O–H groups in total. The van der Waals surface area contributed by atoms with Crippen LogP contribution in [0, 0.1) is 0 Å². The van der Waals surface area contributed by atoms with Gasteiger partial charge in [-0.3, -0.25) is 14.7 Å². The third kappa shape index (κ3) is 2.33. The van der Waals surface area contributed by atoms with Gasteiger partial charge in [-0.1, -0.05) is 0 Å². The second-order valence-corrected chi connectivity index (χ2v) is 6.44. The molecule has 4 heteroatoms. The van der Waals surface area contributed by atoms with Crippen LogP contribution in [0.4, 0.5) is 0 Å². The van der Waals surface area contributed by atoms with Gasteiger partial charge in [0.15, 0.2) is 0 Å². The maximum atomic E-state index is 12.7. The average Bonchev–Trinajstić information content (AvgIpc) is 2.92. The summed E-state index contributed by atoms with van der Waals surface area (Å²) in [5.74, 6) is 0.765. The van der Waals surface area contributed by atoms with E-state index in [1.807, 2.05) is 17.3 Å². The molecule has 0 aromatic carbocycles. The maximum Gasteiger partial charge on any atom is 0.242 e. The van der Waals surface area contributed by atoms with Gasteiger partial charge in [-0.15, -0.1) is 0 Å². The van der Waals surface area contributed by atoms with Crippen molar-refractivity contribution in [1.82, 2.24) is 14.8 Å². The summed E-state index contributed by atoms with van der Waals surface area (Å²) in [4.78, 5) is 21.1. The number of amides is 1. The molecule has 1 aromatic heterocycles. The summed E-state index contributed by atoms with van der Waals surface area (Å²) >= 11 is 0. The van der Waals surface area contributed by atoms with E-state index in [2.05, 4.69) is 35.9 Å². The van der Waals surface area contributed by atoms with Crippen molar-refractivity contribution in [2.45, 2.75) is 38.1 Å². The van der Waals surface area contributed by atoms with Crippen LogP contribution in [0.1, 0.15) is 38.2 Å². The number of pyridine rings is 1. The number of rotatable bonds is 3. The Morgan fingerprint density at radius 2 is 1.80 bits per heavy atom. The Morgan fingerprint density at radius 1 is 1.20 bits per heavy atom. The minimum Gasteiger partial charge on any atom is -0.340 e. The van der Waals surface area contributed by atoms with Crippen LogP contribution in [-0.2, 0) is 4.79 Å². The van der Waals surface area contributed by atoms with Crippen molar-refractivity contribution in [2.24, 2.45) is 0 Å². The number of nitrogens with zero attached hydrogens (tertiary/aromatic N) is 3. The minimum atomic E-state index is -0.348. The Labute approximate surface area is 120 Å². The Balaban J connectivity index is 1.60. The van der Waals surface area contributed by atoms with Crippen molar-refractivity contribution < 1.29 is 4.79 Å². The first-order chi connectivity index (χ1) is 9.59. The zero-order valence-electron chi connectivity index (χ0n) is 12.4. The summed E-state index contributed by atoms with van der Waals surface area (Å²) in [6, 6.07) is 4.11. The van der Waals surface area contributed by atoms with Gasteiger partial charge in [0.1, 0.15) is 0 Å². The molecule has 1 aromatic rings. The van der Waals surface area contributed by atoms with Gasteiger partial charge in [-0.05, 0) is 57.5 Å². The van der Waals surface area contributed by atoms with Crippen molar-refractivity contribution in [3.8, 4) is 0 Å². The van der Waals surface area contributed by atoms with Crippen LogP contribution >= 0.6 is 0 Å². The van der Waals surface area contributed by atoms with E-state index in [1.54, 1.807) is 0 Å². The van der Waals surface area contributed by atoms with Crippen LogP contribution in [-0.4, -0.2) is 52.4 Å². The molecule has 0 aliphatic carbocycles. The summed E-state index contributed by atoms with van der Waals surface area (Å²) < 4.78 is 0. The number of likely N-dealkylation sites (tertiary alicyclic amines) is 2. The first kappa shape index (κ1) is 13.6. The van der Waals surface area contributed by atoms with E-state index >= 15 is 0 Å². The van der Waals surface area contributed by atoms with Crippen molar-refractivity contribution in [3.63, 3.8) is 0 Å². The molecular weight excluding hydrogens is 250 g/mol. The molecular formula is C16H23N3O. The normalized spacial score (nSPS) is 21.0. The fourth-order valence-corrected chi connectivity index (χ4v) is 3.29. The highest BCUT2D eigenvalue weighted by Gasteiger charge is 2.43. The highest BCUT2D eigenvalue weighted by molar-refractivity contribution is 5.86. The van der Waals surface area contributed by atoms with E-state index in [0.717, 1.165) is 26.2 Å². The van der Waals surface area contributed by atoms with Crippen LogP contribution in [0.3, 0.4) is 0 Å². The summed E-state index contributed by atoms with van der Waals surface area (Å²) in [7, 11) is 0. The van der Waals surface area contributed by atoms with Gasteiger partial charge in [0, 0.05) is 31.4 Å². The number of hydrogen-bond donors (Lipinski definition) is 0. The third-order valence-corrected chi connectivity index (χ3v) is 4.77. The zero-order chi connectivity index (χ0) is 14.2. The van der Waals surface area contributed by atoms with E-state index in [9.17, 15) is 4.79 Å². The zero-order valence-corrected chi connectivity index (χ0v) is 12.4. The second-order valence-electron chi connectivity index (χ2n) is 6.44. The third-order valence-electron chi connectivity index (χ3n) is 4.77. The topological polar surface area (TPSA) is 36.4 Å². The van der Waals surface area contributed by atoms with Crippen LogP contribution in [0.15, 0.2) is 24.5 Å². The van der Waals surface area contributed by atoms with E-state index in [4.69, 9.17) is 0 Å².